The third-order valence-electron chi connectivity index (χ3n) is 2.76. The van der Waals surface area contributed by atoms with E-state index in [1.807, 2.05) is 10.3 Å². The van der Waals surface area contributed by atoms with Crippen molar-refractivity contribution in [2.75, 3.05) is 32.7 Å². The summed E-state index contributed by atoms with van der Waals surface area (Å²) in [6, 6.07) is 0. The van der Waals surface area contributed by atoms with Gasteiger partial charge in [-0.3, -0.25) is 4.79 Å². The monoisotopic (exact) mass is 254 g/mol. The summed E-state index contributed by atoms with van der Waals surface area (Å²) in [4.78, 5) is 18.4. The Labute approximate surface area is 105 Å². The smallest absolute Gasteiger partial charge is 0.273 e. The van der Waals surface area contributed by atoms with Crippen molar-refractivity contribution in [3.8, 4) is 0 Å². The van der Waals surface area contributed by atoms with E-state index >= 15 is 0 Å². The van der Waals surface area contributed by atoms with Gasteiger partial charge in [0.25, 0.3) is 5.91 Å². The maximum atomic E-state index is 12.2. The van der Waals surface area contributed by atoms with Crippen molar-refractivity contribution in [1.82, 2.24) is 15.2 Å². The minimum atomic E-state index is 0.0493. The first-order chi connectivity index (χ1) is 8.31. The highest BCUT2D eigenvalue weighted by molar-refractivity contribution is 7.09. The van der Waals surface area contributed by atoms with Crippen molar-refractivity contribution < 1.29 is 4.79 Å². The standard InChI is InChI=1S/C11H18N4OS/c12-3-2-10-14-9(8-17-10)11(16)15-6-1-4-13-5-7-15/h8,13H,1-7,12H2. The molecule has 0 atom stereocenters. The Morgan fingerprint density at radius 2 is 2.41 bits per heavy atom. The molecule has 6 heteroatoms. The zero-order chi connectivity index (χ0) is 12.1. The van der Waals surface area contributed by atoms with E-state index in [2.05, 4.69) is 10.3 Å². The van der Waals surface area contributed by atoms with Crippen molar-refractivity contribution in [1.29, 1.82) is 0 Å². The van der Waals surface area contributed by atoms with Crippen LogP contribution in [0.4, 0.5) is 0 Å². The second-order valence-electron chi connectivity index (χ2n) is 4.06. The molecular formula is C11H18N4OS. The van der Waals surface area contributed by atoms with Gasteiger partial charge in [-0.1, -0.05) is 0 Å². The van der Waals surface area contributed by atoms with Gasteiger partial charge in [-0.25, -0.2) is 4.98 Å². The molecule has 0 unspecified atom stereocenters. The lowest BCUT2D eigenvalue weighted by Crippen LogP contribution is -2.34. The number of carbonyl (C=O) groups is 1. The quantitative estimate of drug-likeness (QED) is 0.801. The van der Waals surface area contributed by atoms with E-state index in [0.29, 0.717) is 12.2 Å². The van der Waals surface area contributed by atoms with E-state index in [1.165, 1.54) is 11.3 Å². The van der Waals surface area contributed by atoms with Crippen molar-refractivity contribution in [3.05, 3.63) is 16.1 Å². The lowest BCUT2D eigenvalue weighted by Gasteiger charge is -2.18. The Morgan fingerprint density at radius 3 is 3.24 bits per heavy atom. The number of nitrogens with two attached hydrogens (primary N) is 1. The number of aromatic nitrogens is 1. The summed E-state index contributed by atoms with van der Waals surface area (Å²) in [5.41, 5.74) is 6.04. The van der Waals surface area contributed by atoms with E-state index in [1.54, 1.807) is 0 Å². The Balaban J connectivity index is 2.01. The third kappa shape index (κ3) is 3.24. The Bertz CT molecular complexity index is 371. The van der Waals surface area contributed by atoms with Crippen molar-refractivity contribution in [3.63, 3.8) is 0 Å². The summed E-state index contributed by atoms with van der Waals surface area (Å²) >= 11 is 1.52. The van der Waals surface area contributed by atoms with E-state index in [-0.39, 0.29) is 5.91 Å². The fourth-order valence-electron chi connectivity index (χ4n) is 1.86. The van der Waals surface area contributed by atoms with Gasteiger partial charge in [-0.05, 0) is 19.5 Å². The molecule has 0 saturated carbocycles. The molecule has 1 aromatic heterocycles. The molecule has 0 spiro atoms. The van der Waals surface area contributed by atoms with Gasteiger partial charge in [0.1, 0.15) is 5.69 Å². The molecule has 3 N–H and O–H groups in total. The van der Waals surface area contributed by atoms with Crippen LogP contribution in [0.25, 0.3) is 0 Å². The molecule has 1 fully saturated rings. The lowest BCUT2D eigenvalue weighted by atomic mass is 10.3. The SMILES string of the molecule is NCCc1nc(C(=O)N2CCCNCC2)cs1. The average Bonchev–Trinajstić information content (AvgIpc) is 2.64. The molecule has 1 aliphatic rings. The first kappa shape index (κ1) is 12.5. The summed E-state index contributed by atoms with van der Waals surface area (Å²) in [7, 11) is 0. The highest BCUT2D eigenvalue weighted by Crippen LogP contribution is 2.12. The molecule has 17 heavy (non-hydrogen) atoms. The normalized spacial score (nSPS) is 16.9. The molecule has 1 aromatic rings. The van der Waals surface area contributed by atoms with Crippen LogP contribution < -0.4 is 11.1 Å². The third-order valence-corrected chi connectivity index (χ3v) is 3.66. The van der Waals surface area contributed by atoms with Gasteiger partial charge >= 0.3 is 0 Å². The molecule has 0 radical (unpaired) electrons. The molecule has 0 aromatic carbocycles. The van der Waals surface area contributed by atoms with Crippen LogP contribution >= 0.6 is 11.3 Å². The van der Waals surface area contributed by atoms with Gasteiger partial charge in [0.2, 0.25) is 0 Å². The summed E-state index contributed by atoms with van der Waals surface area (Å²) in [5, 5.41) is 6.07. The molecular weight excluding hydrogens is 236 g/mol. The number of carbonyl (C=O) groups excluding carboxylic acids is 1. The zero-order valence-electron chi connectivity index (χ0n) is 9.82. The minimum Gasteiger partial charge on any atom is -0.336 e. The van der Waals surface area contributed by atoms with Crippen LogP contribution in [0.15, 0.2) is 5.38 Å². The fraction of sp³-hybridized carbons (Fsp3) is 0.636. The van der Waals surface area contributed by atoms with Crippen LogP contribution in [0.1, 0.15) is 21.9 Å². The number of nitrogens with one attached hydrogen (secondary N) is 1. The summed E-state index contributed by atoms with van der Waals surface area (Å²) in [6.45, 7) is 4.01. The van der Waals surface area contributed by atoms with Gasteiger partial charge in [0.15, 0.2) is 0 Å². The molecule has 0 aliphatic carbocycles. The largest absolute Gasteiger partial charge is 0.336 e. The van der Waals surface area contributed by atoms with Gasteiger partial charge in [-0.2, -0.15) is 0 Å². The summed E-state index contributed by atoms with van der Waals surface area (Å²) in [6.07, 6.45) is 1.75. The predicted molar refractivity (Wildman–Crippen MR) is 68.3 cm³/mol. The first-order valence-corrected chi connectivity index (χ1v) is 6.83. The molecule has 94 valence electrons. The van der Waals surface area contributed by atoms with Gasteiger partial charge in [-0.15, -0.1) is 11.3 Å². The topological polar surface area (TPSA) is 71.2 Å². The van der Waals surface area contributed by atoms with Crippen molar-refractivity contribution >= 4 is 17.2 Å². The van der Waals surface area contributed by atoms with Gasteiger partial charge < -0.3 is 16.0 Å². The second kappa shape index (κ2) is 6.09. The Hall–Kier alpha value is -0.980. The van der Waals surface area contributed by atoms with Crippen LogP contribution in [0, 0.1) is 0 Å². The van der Waals surface area contributed by atoms with Crippen LogP contribution in [-0.4, -0.2) is 48.5 Å². The average molecular weight is 254 g/mol. The summed E-state index contributed by atoms with van der Waals surface area (Å²) in [5.74, 6) is 0.0493. The molecule has 1 amide bonds. The van der Waals surface area contributed by atoms with Crippen LogP contribution in [0.3, 0.4) is 0 Å². The van der Waals surface area contributed by atoms with Crippen LogP contribution in [0.2, 0.25) is 0 Å². The van der Waals surface area contributed by atoms with Gasteiger partial charge in [0, 0.05) is 31.4 Å². The molecule has 2 rings (SSSR count). The van der Waals surface area contributed by atoms with Crippen LogP contribution in [0.5, 0.6) is 0 Å². The molecule has 0 bridgehead atoms. The molecule has 1 saturated heterocycles. The maximum Gasteiger partial charge on any atom is 0.273 e. The molecule has 5 nitrogen and oxygen atoms in total. The first-order valence-electron chi connectivity index (χ1n) is 5.95. The van der Waals surface area contributed by atoms with E-state index < -0.39 is 0 Å². The Kier molecular flexibility index (Phi) is 4.47. The number of thiazole rings is 1. The highest BCUT2D eigenvalue weighted by Gasteiger charge is 2.19. The number of amides is 1. The number of nitrogens with zero attached hydrogens (tertiary/aromatic N) is 2. The lowest BCUT2D eigenvalue weighted by molar-refractivity contribution is 0.0761. The minimum absolute atomic E-state index is 0.0493. The molecule has 2 heterocycles. The number of rotatable bonds is 3. The number of hydrogen-bond acceptors (Lipinski definition) is 5. The zero-order valence-corrected chi connectivity index (χ0v) is 10.6. The van der Waals surface area contributed by atoms with Gasteiger partial charge in [0.05, 0.1) is 5.01 Å². The predicted octanol–water partition coefficient (Wildman–Crippen LogP) is 0.0798. The van der Waals surface area contributed by atoms with Crippen molar-refractivity contribution in [2.24, 2.45) is 5.73 Å². The molecule has 1 aliphatic heterocycles. The number of hydrogen-bond donors (Lipinski definition) is 2. The van der Waals surface area contributed by atoms with E-state index in [0.717, 1.165) is 44.0 Å². The van der Waals surface area contributed by atoms with E-state index in [4.69, 9.17) is 5.73 Å². The van der Waals surface area contributed by atoms with Crippen molar-refractivity contribution in [2.45, 2.75) is 12.8 Å². The maximum absolute atomic E-state index is 12.2. The summed E-state index contributed by atoms with van der Waals surface area (Å²) < 4.78 is 0. The fourth-order valence-corrected chi connectivity index (χ4v) is 2.65. The second-order valence-corrected chi connectivity index (χ2v) is 5.00. The van der Waals surface area contributed by atoms with Crippen LogP contribution in [-0.2, 0) is 6.42 Å². The highest BCUT2D eigenvalue weighted by atomic mass is 32.1. The van der Waals surface area contributed by atoms with E-state index in [9.17, 15) is 4.79 Å². The Morgan fingerprint density at radius 1 is 1.53 bits per heavy atom.